The third-order valence-electron chi connectivity index (χ3n) is 2.26. The van der Waals surface area contributed by atoms with Crippen LogP contribution < -0.4 is 0 Å². The minimum Gasteiger partial charge on any atom is -0.278 e. The van der Waals surface area contributed by atoms with Gasteiger partial charge in [-0.3, -0.25) is 9.59 Å². The first-order valence-electron chi connectivity index (χ1n) is 5.12. The Bertz CT molecular complexity index is 544. The molecule has 0 spiro atoms. The van der Waals surface area contributed by atoms with Gasteiger partial charge in [0.25, 0.3) is 11.1 Å². The molecule has 7 nitrogen and oxygen atoms in total. The van der Waals surface area contributed by atoms with Gasteiger partial charge in [0, 0.05) is 5.56 Å². The molecular weight excluding hydrogens is 270 g/mol. The van der Waals surface area contributed by atoms with Crippen molar-refractivity contribution in [2.24, 2.45) is 5.10 Å². The summed E-state index contributed by atoms with van der Waals surface area (Å²) in [5.41, 5.74) is 0.959. The fourth-order valence-corrected chi connectivity index (χ4v) is 1.85. The second kappa shape index (κ2) is 6.64. The molecule has 8 heteroatoms. The van der Waals surface area contributed by atoms with E-state index in [1.807, 2.05) is 0 Å². The first-order chi connectivity index (χ1) is 9.01. The topological polar surface area (TPSA) is 92.9 Å². The van der Waals surface area contributed by atoms with Crippen LogP contribution in [0.4, 0.5) is 0 Å². The highest BCUT2D eigenvalue weighted by molar-refractivity contribution is 8.13. The summed E-state index contributed by atoms with van der Waals surface area (Å²) in [6.45, 7) is 1.71. The number of benzene rings is 1. The summed E-state index contributed by atoms with van der Waals surface area (Å²) < 4.78 is 0. The van der Waals surface area contributed by atoms with Crippen LogP contribution >= 0.6 is 11.8 Å². The predicted octanol–water partition coefficient (Wildman–Crippen LogP) is 1.50. The Morgan fingerprint density at radius 1 is 1.47 bits per heavy atom. The van der Waals surface area contributed by atoms with Crippen molar-refractivity contribution >= 4 is 29.2 Å². The van der Waals surface area contributed by atoms with Gasteiger partial charge >= 0.3 is 0 Å². The van der Waals surface area contributed by atoms with Crippen molar-refractivity contribution in [3.8, 4) is 0 Å². The van der Waals surface area contributed by atoms with E-state index in [1.165, 1.54) is 12.3 Å². The normalized spacial score (nSPS) is 10.9. The van der Waals surface area contributed by atoms with Gasteiger partial charge in [0.2, 0.25) is 6.41 Å². The predicted molar refractivity (Wildman–Crippen MR) is 71.4 cm³/mol. The van der Waals surface area contributed by atoms with Crippen molar-refractivity contribution < 1.29 is 14.6 Å². The number of rotatable bonds is 3. The third-order valence-corrected chi connectivity index (χ3v) is 2.90. The van der Waals surface area contributed by atoms with Crippen molar-refractivity contribution in [3.63, 3.8) is 0 Å². The summed E-state index contributed by atoms with van der Waals surface area (Å²) in [6, 6.07) is 6.64. The number of amides is 2. The van der Waals surface area contributed by atoms with E-state index in [2.05, 4.69) is 5.10 Å². The number of nitrogens with zero attached hydrogens (tertiary/aromatic N) is 3. The molecule has 0 unspecified atom stereocenters. The first kappa shape index (κ1) is 14.8. The van der Waals surface area contributed by atoms with Crippen LogP contribution in [-0.4, -0.2) is 33.7 Å². The SMILES string of the molecule is CS/C(=N\[N+](=O)[O-])N(C=O)C(=O)c1ccccc1C. The molecule has 0 saturated heterocycles. The average Bonchev–Trinajstić information content (AvgIpc) is 2.38. The number of carbonyl (C=O) groups is 2. The number of carbonyl (C=O) groups excluding carboxylic acids is 2. The van der Waals surface area contributed by atoms with Crippen LogP contribution in [0.15, 0.2) is 29.4 Å². The summed E-state index contributed by atoms with van der Waals surface area (Å²) >= 11 is 0.842. The second-order valence-corrected chi connectivity index (χ2v) is 4.19. The molecule has 0 radical (unpaired) electrons. The Morgan fingerprint density at radius 3 is 2.58 bits per heavy atom. The smallest absolute Gasteiger partial charge is 0.266 e. The largest absolute Gasteiger partial charge is 0.278 e. The quantitative estimate of drug-likeness (QED) is 0.275. The monoisotopic (exact) mass is 281 g/mol. The Balaban J connectivity index is 3.17. The van der Waals surface area contributed by atoms with Crippen molar-refractivity contribution in [3.05, 3.63) is 45.5 Å². The molecule has 0 aliphatic rings. The zero-order chi connectivity index (χ0) is 14.4. The van der Waals surface area contributed by atoms with Crippen LogP contribution in [0.1, 0.15) is 15.9 Å². The Hall–Kier alpha value is -2.22. The zero-order valence-electron chi connectivity index (χ0n) is 10.3. The van der Waals surface area contributed by atoms with Crippen LogP contribution in [0.2, 0.25) is 0 Å². The number of amidine groups is 1. The highest BCUT2D eigenvalue weighted by Crippen LogP contribution is 2.13. The first-order valence-corrected chi connectivity index (χ1v) is 6.35. The van der Waals surface area contributed by atoms with Crippen molar-refractivity contribution in [1.29, 1.82) is 0 Å². The molecule has 0 aromatic heterocycles. The molecule has 2 amide bonds. The van der Waals surface area contributed by atoms with E-state index in [-0.39, 0.29) is 11.6 Å². The Morgan fingerprint density at radius 2 is 2.11 bits per heavy atom. The molecule has 1 aromatic rings. The van der Waals surface area contributed by atoms with Gasteiger partial charge in [0.15, 0.2) is 5.03 Å². The second-order valence-electron chi connectivity index (χ2n) is 3.42. The molecule has 0 fully saturated rings. The molecule has 100 valence electrons. The lowest BCUT2D eigenvalue weighted by Crippen LogP contribution is -2.34. The van der Waals surface area contributed by atoms with Gasteiger partial charge in [0.1, 0.15) is 0 Å². The molecule has 0 atom stereocenters. The van der Waals surface area contributed by atoms with E-state index in [9.17, 15) is 19.7 Å². The van der Waals surface area contributed by atoms with Gasteiger partial charge in [-0.25, -0.2) is 15.0 Å². The molecule has 1 rings (SSSR count). The third kappa shape index (κ3) is 3.62. The van der Waals surface area contributed by atoms with Gasteiger partial charge in [-0.05, 0) is 24.8 Å². The van der Waals surface area contributed by atoms with E-state index in [0.29, 0.717) is 16.0 Å². The van der Waals surface area contributed by atoms with E-state index in [4.69, 9.17) is 0 Å². The maximum Gasteiger partial charge on any atom is 0.266 e. The maximum absolute atomic E-state index is 12.2. The van der Waals surface area contributed by atoms with Gasteiger partial charge in [0.05, 0.1) is 5.10 Å². The number of thioether (sulfide) groups is 1. The molecular formula is C11H11N3O4S. The van der Waals surface area contributed by atoms with Gasteiger partial charge < -0.3 is 0 Å². The van der Waals surface area contributed by atoms with E-state index >= 15 is 0 Å². The number of nitro groups is 1. The summed E-state index contributed by atoms with van der Waals surface area (Å²) in [6.07, 6.45) is 1.71. The van der Waals surface area contributed by atoms with Crippen molar-refractivity contribution in [1.82, 2.24) is 4.90 Å². The zero-order valence-corrected chi connectivity index (χ0v) is 11.1. The van der Waals surface area contributed by atoms with E-state index < -0.39 is 10.9 Å². The number of imide groups is 1. The average molecular weight is 281 g/mol. The lowest BCUT2D eigenvalue weighted by molar-refractivity contribution is -0.485. The highest BCUT2D eigenvalue weighted by atomic mass is 32.2. The minimum atomic E-state index is -0.951. The summed E-state index contributed by atoms with van der Waals surface area (Å²) in [5, 5.41) is 12.1. The standard InChI is InChI=1S/C11H11N3O4S/c1-8-5-3-4-6-9(8)10(16)13(7-15)11(19-2)12-14(17)18/h3-7H,1-2H3/b12-11-. The fourth-order valence-electron chi connectivity index (χ4n) is 1.38. The van der Waals surface area contributed by atoms with Crippen molar-refractivity contribution in [2.75, 3.05) is 6.26 Å². The number of hydrogen-bond donors (Lipinski definition) is 0. The van der Waals surface area contributed by atoms with Crippen molar-refractivity contribution in [2.45, 2.75) is 6.92 Å². The highest BCUT2D eigenvalue weighted by Gasteiger charge is 2.24. The molecule has 0 N–H and O–H groups in total. The Labute approximate surface area is 113 Å². The van der Waals surface area contributed by atoms with Gasteiger partial charge in [-0.1, -0.05) is 30.0 Å². The van der Waals surface area contributed by atoms with Gasteiger partial charge in [-0.2, -0.15) is 0 Å². The minimum absolute atomic E-state index is 0.216. The summed E-state index contributed by atoms with van der Waals surface area (Å²) in [7, 11) is 0. The van der Waals surface area contributed by atoms with Gasteiger partial charge in [-0.15, -0.1) is 0 Å². The van der Waals surface area contributed by atoms with Crippen LogP contribution in [0.25, 0.3) is 0 Å². The lowest BCUT2D eigenvalue weighted by atomic mass is 10.1. The molecule has 0 saturated carbocycles. The Kier molecular flexibility index (Phi) is 5.19. The summed E-state index contributed by atoms with van der Waals surface area (Å²) in [4.78, 5) is 34.1. The van der Waals surface area contributed by atoms with E-state index in [1.54, 1.807) is 25.1 Å². The van der Waals surface area contributed by atoms with Crippen LogP contribution in [-0.2, 0) is 4.79 Å². The maximum atomic E-state index is 12.2. The number of hydrazone groups is 1. The molecule has 0 heterocycles. The van der Waals surface area contributed by atoms with Crippen LogP contribution in [0, 0.1) is 17.0 Å². The molecule has 0 aliphatic heterocycles. The van der Waals surface area contributed by atoms with E-state index in [0.717, 1.165) is 11.8 Å². The summed E-state index contributed by atoms with van der Waals surface area (Å²) in [5.74, 6) is -0.650. The number of aryl methyl sites for hydroxylation is 1. The molecule has 0 bridgehead atoms. The number of hydrogen-bond acceptors (Lipinski definition) is 5. The molecule has 0 aliphatic carbocycles. The lowest BCUT2D eigenvalue weighted by Gasteiger charge is -2.14. The molecule has 1 aromatic carbocycles. The molecule has 19 heavy (non-hydrogen) atoms. The van der Waals surface area contributed by atoms with Crippen LogP contribution in [0.3, 0.4) is 0 Å². The van der Waals surface area contributed by atoms with Crippen LogP contribution in [0.5, 0.6) is 0 Å². The fraction of sp³-hybridized carbons (Fsp3) is 0.182.